The Morgan fingerprint density at radius 1 is 1.50 bits per heavy atom. The highest BCUT2D eigenvalue weighted by Crippen LogP contribution is 2.25. The number of carboxylic acid groups (broad SMARTS) is 1. The summed E-state index contributed by atoms with van der Waals surface area (Å²) in [7, 11) is 1.50. The number of urea groups is 1. The molecular formula is C13H17N3O4. The van der Waals surface area contributed by atoms with Crippen LogP contribution in [0, 0.1) is 5.92 Å². The number of likely N-dealkylation sites (tertiary alicyclic amines) is 1. The number of nitrogens with one attached hydrogen (secondary N) is 1. The van der Waals surface area contributed by atoms with E-state index >= 15 is 0 Å². The third-order valence-corrected chi connectivity index (χ3v) is 3.41. The van der Waals surface area contributed by atoms with Crippen LogP contribution in [0.1, 0.15) is 13.3 Å². The van der Waals surface area contributed by atoms with Crippen LogP contribution < -0.4 is 10.1 Å². The van der Waals surface area contributed by atoms with E-state index in [1.165, 1.54) is 18.2 Å². The first-order chi connectivity index (χ1) is 9.52. The van der Waals surface area contributed by atoms with Gasteiger partial charge in [-0.05, 0) is 18.4 Å². The molecule has 2 N–H and O–H groups in total. The molecule has 20 heavy (non-hydrogen) atoms. The van der Waals surface area contributed by atoms with E-state index < -0.39 is 18.0 Å². The Labute approximate surface area is 116 Å². The Kier molecular flexibility index (Phi) is 4.07. The van der Waals surface area contributed by atoms with Crippen LogP contribution in [0.2, 0.25) is 0 Å². The van der Waals surface area contributed by atoms with E-state index in [0.717, 1.165) is 0 Å². The molecule has 1 aromatic heterocycles. The maximum absolute atomic E-state index is 12.1. The molecule has 0 spiro atoms. The zero-order valence-corrected chi connectivity index (χ0v) is 11.4. The molecule has 2 atom stereocenters. The van der Waals surface area contributed by atoms with Crippen molar-refractivity contribution in [2.75, 3.05) is 19.0 Å². The SMILES string of the molecule is COc1ccc(NC(=O)N2CCC(C)C2C(=O)O)cn1. The van der Waals surface area contributed by atoms with Gasteiger partial charge in [0.05, 0.1) is 19.0 Å². The number of rotatable bonds is 3. The lowest BCUT2D eigenvalue weighted by Gasteiger charge is -2.23. The second-order valence-corrected chi connectivity index (χ2v) is 4.76. The summed E-state index contributed by atoms with van der Waals surface area (Å²) in [6.45, 7) is 2.27. The first-order valence-electron chi connectivity index (χ1n) is 6.33. The smallest absolute Gasteiger partial charge is 0.326 e. The quantitative estimate of drug-likeness (QED) is 0.873. The molecule has 2 rings (SSSR count). The predicted molar refractivity (Wildman–Crippen MR) is 71.7 cm³/mol. The Hall–Kier alpha value is -2.31. The summed E-state index contributed by atoms with van der Waals surface area (Å²) >= 11 is 0. The number of amides is 2. The molecule has 2 heterocycles. The lowest BCUT2D eigenvalue weighted by atomic mass is 10.0. The number of hydrogen-bond acceptors (Lipinski definition) is 4. The Morgan fingerprint density at radius 3 is 2.80 bits per heavy atom. The summed E-state index contributed by atoms with van der Waals surface area (Å²) in [6, 6.07) is 2.07. The number of carbonyl (C=O) groups is 2. The lowest BCUT2D eigenvalue weighted by Crippen LogP contribution is -2.44. The van der Waals surface area contributed by atoms with Gasteiger partial charge < -0.3 is 20.1 Å². The third kappa shape index (κ3) is 2.81. The van der Waals surface area contributed by atoms with Crippen molar-refractivity contribution in [1.29, 1.82) is 0 Å². The topological polar surface area (TPSA) is 91.8 Å². The van der Waals surface area contributed by atoms with E-state index in [1.54, 1.807) is 12.1 Å². The van der Waals surface area contributed by atoms with Crippen LogP contribution >= 0.6 is 0 Å². The second-order valence-electron chi connectivity index (χ2n) is 4.76. The van der Waals surface area contributed by atoms with Crippen LogP contribution in [0.15, 0.2) is 18.3 Å². The van der Waals surface area contributed by atoms with Gasteiger partial charge in [-0.15, -0.1) is 0 Å². The molecule has 0 saturated carbocycles. The van der Waals surface area contributed by atoms with Crippen LogP contribution in [-0.4, -0.2) is 46.7 Å². The fourth-order valence-corrected chi connectivity index (χ4v) is 2.32. The van der Waals surface area contributed by atoms with Crippen LogP contribution in [0.4, 0.5) is 10.5 Å². The first-order valence-corrected chi connectivity index (χ1v) is 6.33. The Balaban J connectivity index is 2.05. The van der Waals surface area contributed by atoms with Gasteiger partial charge in [-0.25, -0.2) is 14.6 Å². The van der Waals surface area contributed by atoms with E-state index in [9.17, 15) is 14.7 Å². The van der Waals surface area contributed by atoms with Gasteiger partial charge >= 0.3 is 12.0 Å². The van der Waals surface area contributed by atoms with Crippen LogP contribution in [0.5, 0.6) is 5.88 Å². The van der Waals surface area contributed by atoms with Gasteiger partial charge in [-0.1, -0.05) is 6.92 Å². The number of methoxy groups -OCH3 is 1. The van der Waals surface area contributed by atoms with Crippen molar-refractivity contribution in [2.45, 2.75) is 19.4 Å². The van der Waals surface area contributed by atoms with Crippen LogP contribution in [0.25, 0.3) is 0 Å². The molecular weight excluding hydrogens is 262 g/mol. The minimum Gasteiger partial charge on any atom is -0.481 e. The third-order valence-electron chi connectivity index (χ3n) is 3.41. The highest BCUT2D eigenvalue weighted by Gasteiger charge is 2.39. The van der Waals surface area contributed by atoms with Crippen molar-refractivity contribution in [2.24, 2.45) is 5.92 Å². The van der Waals surface area contributed by atoms with Gasteiger partial charge in [0.2, 0.25) is 5.88 Å². The van der Waals surface area contributed by atoms with Crippen LogP contribution in [0.3, 0.4) is 0 Å². The number of ether oxygens (including phenoxy) is 1. The van der Waals surface area contributed by atoms with E-state index in [1.807, 2.05) is 6.92 Å². The van der Waals surface area contributed by atoms with Gasteiger partial charge in [0.1, 0.15) is 6.04 Å². The summed E-state index contributed by atoms with van der Waals surface area (Å²) in [5.41, 5.74) is 0.500. The molecule has 2 unspecified atom stereocenters. The monoisotopic (exact) mass is 279 g/mol. The van der Waals surface area contributed by atoms with Crippen molar-refractivity contribution in [3.05, 3.63) is 18.3 Å². The molecule has 1 saturated heterocycles. The molecule has 1 aliphatic heterocycles. The number of hydrogen-bond donors (Lipinski definition) is 2. The van der Waals surface area contributed by atoms with E-state index in [-0.39, 0.29) is 5.92 Å². The van der Waals surface area contributed by atoms with Crippen molar-refractivity contribution in [1.82, 2.24) is 9.88 Å². The van der Waals surface area contributed by atoms with Crippen molar-refractivity contribution in [3.63, 3.8) is 0 Å². The molecule has 1 fully saturated rings. The molecule has 1 aromatic rings. The number of aliphatic carboxylic acids is 1. The fourth-order valence-electron chi connectivity index (χ4n) is 2.32. The van der Waals surface area contributed by atoms with Crippen molar-refractivity contribution >= 4 is 17.7 Å². The van der Waals surface area contributed by atoms with Gasteiger partial charge in [-0.3, -0.25) is 0 Å². The summed E-state index contributed by atoms with van der Waals surface area (Å²) in [5, 5.41) is 11.8. The lowest BCUT2D eigenvalue weighted by molar-refractivity contribution is -0.142. The normalized spacial score (nSPS) is 21.6. The van der Waals surface area contributed by atoms with E-state index in [0.29, 0.717) is 24.5 Å². The van der Waals surface area contributed by atoms with Gasteiger partial charge in [-0.2, -0.15) is 0 Å². The van der Waals surface area contributed by atoms with E-state index in [4.69, 9.17) is 4.74 Å². The largest absolute Gasteiger partial charge is 0.481 e. The van der Waals surface area contributed by atoms with Crippen LogP contribution in [-0.2, 0) is 4.79 Å². The zero-order chi connectivity index (χ0) is 14.7. The van der Waals surface area contributed by atoms with Crippen molar-refractivity contribution < 1.29 is 19.4 Å². The maximum atomic E-state index is 12.1. The summed E-state index contributed by atoms with van der Waals surface area (Å²) < 4.78 is 4.92. The number of pyridine rings is 1. The summed E-state index contributed by atoms with van der Waals surface area (Å²) in [6.07, 6.45) is 2.15. The Morgan fingerprint density at radius 2 is 2.25 bits per heavy atom. The summed E-state index contributed by atoms with van der Waals surface area (Å²) in [4.78, 5) is 28.7. The molecule has 1 aliphatic rings. The molecule has 0 aliphatic carbocycles. The second kappa shape index (κ2) is 5.77. The van der Waals surface area contributed by atoms with Crippen molar-refractivity contribution in [3.8, 4) is 5.88 Å². The average Bonchev–Trinajstić information content (AvgIpc) is 2.81. The zero-order valence-electron chi connectivity index (χ0n) is 11.4. The molecule has 0 aromatic carbocycles. The number of nitrogens with zero attached hydrogens (tertiary/aromatic N) is 2. The predicted octanol–water partition coefficient (Wildman–Crippen LogP) is 1.42. The highest BCUT2D eigenvalue weighted by molar-refractivity contribution is 5.92. The molecule has 7 heteroatoms. The molecule has 108 valence electrons. The number of aromatic nitrogens is 1. The highest BCUT2D eigenvalue weighted by atomic mass is 16.5. The molecule has 7 nitrogen and oxygen atoms in total. The molecule has 0 bridgehead atoms. The van der Waals surface area contributed by atoms with Gasteiger partial charge in [0.15, 0.2) is 0 Å². The number of anilines is 1. The standard InChI is InChI=1S/C13H17N3O4/c1-8-5-6-16(11(8)12(17)18)13(19)15-9-3-4-10(20-2)14-7-9/h3-4,7-8,11H,5-6H2,1-2H3,(H,15,19)(H,17,18). The minimum atomic E-state index is -0.974. The molecule has 2 amide bonds. The van der Waals surface area contributed by atoms with Gasteiger partial charge in [0, 0.05) is 12.6 Å². The maximum Gasteiger partial charge on any atom is 0.326 e. The summed E-state index contributed by atoms with van der Waals surface area (Å²) in [5.74, 6) is -0.577. The molecule has 0 radical (unpaired) electrons. The first kappa shape index (κ1) is 14.1. The van der Waals surface area contributed by atoms with E-state index in [2.05, 4.69) is 10.3 Å². The Bertz CT molecular complexity index is 503. The number of carboxylic acids is 1. The average molecular weight is 279 g/mol. The minimum absolute atomic E-state index is 0.0488. The number of carbonyl (C=O) groups excluding carboxylic acids is 1. The fraction of sp³-hybridized carbons (Fsp3) is 0.462. The van der Waals surface area contributed by atoms with Gasteiger partial charge in [0.25, 0.3) is 0 Å².